The second-order valence-electron chi connectivity index (χ2n) is 3.27. The molecule has 0 saturated carbocycles. The zero-order valence-electron chi connectivity index (χ0n) is 7.91. The van der Waals surface area contributed by atoms with E-state index in [0.29, 0.717) is 11.3 Å². The Kier molecular flexibility index (Phi) is 2.29. The SMILES string of the molecule is Fc1ccc2oc(-c3nc(Br)cs3)cc2c1. The van der Waals surface area contributed by atoms with Crippen LogP contribution in [0, 0.1) is 5.82 Å². The Bertz CT molecular complexity index is 661. The lowest BCUT2D eigenvalue weighted by Gasteiger charge is -1.87. The fourth-order valence-corrected chi connectivity index (χ4v) is 2.69. The van der Waals surface area contributed by atoms with E-state index in [0.717, 1.165) is 15.0 Å². The summed E-state index contributed by atoms with van der Waals surface area (Å²) in [5, 5.41) is 3.41. The maximum atomic E-state index is 13.0. The van der Waals surface area contributed by atoms with E-state index in [-0.39, 0.29) is 5.82 Å². The summed E-state index contributed by atoms with van der Waals surface area (Å²) in [7, 11) is 0. The second-order valence-corrected chi connectivity index (χ2v) is 4.94. The van der Waals surface area contributed by atoms with Gasteiger partial charge in [0.15, 0.2) is 10.8 Å². The van der Waals surface area contributed by atoms with Gasteiger partial charge < -0.3 is 4.42 Å². The van der Waals surface area contributed by atoms with Crippen LogP contribution in [0.4, 0.5) is 4.39 Å². The highest BCUT2D eigenvalue weighted by atomic mass is 79.9. The van der Waals surface area contributed by atoms with Crippen molar-refractivity contribution in [1.82, 2.24) is 4.98 Å². The summed E-state index contributed by atoms with van der Waals surface area (Å²) < 4.78 is 19.4. The highest BCUT2D eigenvalue weighted by Crippen LogP contribution is 2.31. The van der Waals surface area contributed by atoms with Crippen LogP contribution in [0.5, 0.6) is 0 Å². The Morgan fingerprint density at radius 2 is 2.19 bits per heavy atom. The molecule has 0 radical (unpaired) electrons. The molecule has 0 amide bonds. The van der Waals surface area contributed by atoms with Crippen LogP contribution in [0.15, 0.2) is 38.7 Å². The summed E-state index contributed by atoms with van der Waals surface area (Å²) in [5.41, 5.74) is 0.669. The number of benzene rings is 1. The van der Waals surface area contributed by atoms with Crippen molar-refractivity contribution >= 4 is 38.2 Å². The second kappa shape index (κ2) is 3.68. The fraction of sp³-hybridized carbons (Fsp3) is 0. The minimum absolute atomic E-state index is 0.264. The molecule has 5 heteroatoms. The van der Waals surface area contributed by atoms with Crippen molar-refractivity contribution in [1.29, 1.82) is 0 Å². The van der Waals surface area contributed by atoms with Gasteiger partial charge in [0.2, 0.25) is 0 Å². The lowest BCUT2D eigenvalue weighted by atomic mass is 10.2. The average molecular weight is 298 g/mol. The minimum Gasteiger partial charge on any atom is -0.454 e. The Morgan fingerprint density at radius 1 is 1.31 bits per heavy atom. The monoisotopic (exact) mass is 297 g/mol. The molecule has 3 rings (SSSR count). The highest BCUT2D eigenvalue weighted by Gasteiger charge is 2.10. The van der Waals surface area contributed by atoms with Gasteiger partial charge in [-0.05, 0) is 40.2 Å². The molecule has 3 aromatic rings. The van der Waals surface area contributed by atoms with Gasteiger partial charge in [-0.3, -0.25) is 0 Å². The van der Waals surface area contributed by atoms with E-state index < -0.39 is 0 Å². The summed E-state index contributed by atoms with van der Waals surface area (Å²) in [4.78, 5) is 4.25. The highest BCUT2D eigenvalue weighted by molar-refractivity contribution is 9.10. The van der Waals surface area contributed by atoms with Gasteiger partial charge in [-0.1, -0.05) is 0 Å². The van der Waals surface area contributed by atoms with Gasteiger partial charge in [-0.25, -0.2) is 9.37 Å². The van der Waals surface area contributed by atoms with E-state index in [9.17, 15) is 4.39 Å². The van der Waals surface area contributed by atoms with E-state index in [1.807, 2.05) is 5.38 Å². The van der Waals surface area contributed by atoms with Crippen LogP contribution in [-0.2, 0) is 0 Å². The summed E-state index contributed by atoms with van der Waals surface area (Å²) >= 11 is 4.76. The van der Waals surface area contributed by atoms with Gasteiger partial charge in [0, 0.05) is 10.8 Å². The molecule has 0 aliphatic carbocycles. The predicted octanol–water partition coefficient (Wildman–Crippen LogP) is 4.46. The zero-order chi connectivity index (χ0) is 11.1. The third kappa shape index (κ3) is 1.66. The van der Waals surface area contributed by atoms with E-state index >= 15 is 0 Å². The summed E-state index contributed by atoms with van der Waals surface area (Å²) in [6, 6.07) is 6.25. The molecule has 1 aromatic carbocycles. The summed E-state index contributed by atoms with van der Waals surface area (Å²) in [5.74, 6) is 0.400. The van der Waals surface area contributed by atoms with Gasteiger partial charge in [0.1, 0.15) is 16.0 Å². The lowest BCUT2D eigenvalue weighted by molar-refractivity contribution is 0.618. The zero-order valence-corrected chi connectivity index (χ0v) is 10.3. The molecule has 2 nitrogen and oxygen atoms in total. The van der Waals surface area contributed by atoms with Crippen LogP contribution in [0.1, 0.15) is 0 Å². The average Bonchev–Trinajstić information content (AvgIpc) is 2.83. The third-order valence-corrected chi connectivity index (χ3v) is 3.73. The van der Waals surface area contributed by atoms with Crippen molar-refractivity contribution < 1.29 is 8.81 Å². The number of furan rings is 1. The Balaban J connectivity index is 2.18. The quantitative estimate of drug-likeness (QED) is 0.663. The molecule has 0 spiro atoms. The molecule has 2 aromatic heterocycles. The maximum Gasteiger partial charge on any atom is 0.164 e. The van der Waals surface area contributed by atoms with Crippen molar-refractivity contribution in [3.05, 3.63) is 40.1 Å². The topological polar surface area (TPSA) is 26.0 Å². The number of thiazole rings is 1. The minimum atomic E-state index is -0.264. The smallest absolute Gasteiger partial charge is 0.164 e. The summed E-state index contributed by atoms with van der Waals surface area (Å²) in [6.45, 7) is 0. The van der Waals surface area contributed by atoms with E-state index in [2.05, 4.69) is 20.9 Å². The molecule has 0 atom stereocenters. The van der Waals surface area contributed by atoms with Crippen molar-refractivity contribution in [2.24, 2.45) is 0 Å². The van der Waals surface area contributed by atoms with Gasteiger partial charge in [-0.2, -0.15) is 0 Å². The largest absolute Gasteiger partial charge is 0.454 e. The number of aromatic nitrogens is 1. The maximum absolute atomic E-state index is 13.0. The van der Waals surface area contributed by atoms with Gasteiger partial charge in [0.25, 0.3) is 0 Å². The van der Waals surface area contributed by atoms with E-state index in [1.165, 1.54) is 23.5 Å². The number of nitrogens with zero attached hydrogens (tertiary/aromatic N) is 1. The van der Waals surface area contributed by atoms with Crippen LogP contribution in [0.2, 0.25) is 0 Å². The third-order valence-electron chi connectivity index (χ3n) is 2.17. The van der Waals surface area contributed by atoms with Gasteiger partial charge in [-0.15, -0.1) is 11.3 Å². The van der Waals surface area contributed by atoms with Crippen molar-refractivity contribution in [3.63, 3.8) is 0 Å². The van der Waals surface area contributed by atoms with Crippen LogP contribution >= 0.6 is 27.3 Å². The first-order chi connectivity index (χ1) is 7.72. The van der Waals surface area contributed by atoms with Crippen molar-refractivity contribution in [3.8, 4) is 10.8 Å². The van der Waals surface area contributed by atoms with E-state index in [1.54, 1.807) is 12.1 Å². The number of fused-ring (bicyclic) bond motifs is 1. The first kappa shape index (κ1) is 9.99. The fourth-order valence-electron chi connectivity index (χ4n) is 1.49. The van der Waals surface area contributed by atoms with Crippen molar-refractivity contribution in [2.75, 3.05) is 0 Å². The number of hydrogen-bond donors (Lipinski definition) is 0. The van der Waals surface area contributed by atoms with E-state index in [4.69, 9.17) is 4.42 Å². The molecule has 0 aliphatic rings. The molecule has 16 heavy (non-hydrogen) atoms. The lowest BCUT2D eigenvalue weighted by Crippen LogP contribution is -1.69. The molecular formula is C11H5BrFNOS. The molecule has 0 bridgehead atoms. The van der Waals surface area contributed by atoms with Crippen LogP contribution in [0.25, 0.3) is 21.7 Å². The molecule has 0 unspecified atom stereocenters. The van der Waals surface area contributed by atoms with Gasteiger partial charge in [0.05, 0.1) is 0 Å². The Morgan fingerprint density at radius 3 is 2.94 bits per heavy atom. The Labute approximate surface area is 103 Å². The molecule has 0 fully saturated rings. The number of hydrogen-bond acceptors (Lipinski definition) is 3. The van der Waals surface area contributed by atoms with Crippen LogP contribution < -0.4 is 0 Å². The first-order valence-electron chi connectivity index (χ1n) is 4.53. The molecule has 2 heterocycles. The standard InChI is InChI=1S/C11H5BrFNOS/c12-10-5-16-11(14-10)9-4-6-3-7(13)1-2-8(6)15-9/h1-5H. The molecular weight excluding hydrogens is 293 g/mol. The van der Waals surface area contributed by atoms with Crippen LogP contribution in [-0.4, -0.2) is 4.98 Å². The predicted molar refractivity (Wildman–Crippen MR) is 65.0 cm³/mol. The molecule has 0 aliphatic heterocycles. The molecule has 80 valence electrons. The molecule has 0 saturated heterocycles. The molecule has 0 N–H and O–H groups in total. The van der Waals surface area contributed by atoms with Crippen LogP contribution in [0.3, 0.4) is 0 Å². The van der Waals surface area contributed by atoms with Gasteiger partial charge >= 0.3 is 0 Å². The normalized spacial score (nSPS) is 11.1. The first-order valence-corrected chi connectivity index (χ1v) is 6.20. The number of halogens is 2. The number of rotatable bonds is 1. The Hall–Kier alpha value is -1.20. The van der Waals surface area contributed by atoms with Crippen molar-refractivity contribution in [2.45, 2.75) is 0 Å². The summed E-state index contributed by atoms with van der Waals surface area (Å²) in [6.07, 6.45) is 0.